The van der Waals surface area contributed by atoms with Crippen molar-refractivity contribution in [2.45, 2.75) is 11.8 Å². The number of nitrogens with zero attached hydrogens (tertiary/aromatic N) is 1. The number of nitrogens with two attached hydrogens (primary N) is 1. The van der Waals surface area contributed by atoms with Gasteiger partial charge < -0.3 is 5.73 Å². The largest absolute Gasteiger partial charge is 0.398 e. The summed E-state index contributed by atoms with van der Waals surface area (Å²) in [4.78, 5) is 3.64. The number of rotatable bonds is 3. The number of sulfonamides is 1. The van der Waals surface area contributed by atoms with Crippen molar-refractivity contribution in [3.05, 3.63) is 46.3 Å². The Morgan fingerprint density at radius 2 is 2.10 bits per heavy atom. The van der Waals surface area contributed by atoms with Gasteiger partial charge in [0, 0.05) is 17.4 Å². The molecule has 0 fully saturated rings. The van der Waals surface area contributed by atoms with Crippen LogP contribution in [0.3, 0.4) is 0 Å². The van der Waals surface area contributed by atoms with Crippen LogP contribution in [-0.4, -0.2) is 13.4 Å². The molecule has 5 nitrogen and oxygen atoms in total. The van der Waals surface area contributed by atoms with Crippen LogP contribution in [-0.2, 0) is 10.0 Å². The van der Waals surface area contributed by atoms with Crippen LogP contribution in [0.5, 0.6) is 0 Å². The number of nitrogens with one attached hydrogen (secondary N) is 1. The topological polar surface area (TPSA) is 85.1 Å². The molecule has 2 aromatic rings. The Balaban J connectivity index is 2.44. The molecule has 3 N–H and O–H groups in total. The van der Waals surface area contributed by atoms with Crippen molar-refractivity contribution in [3.63, 3.8) is 0 Å². The molecule has 0 bridgehead atoms. The zero-order valence-corrected chi connectivity index (χ0v) is 12.8. The average molecular weight is 360 g/mol. The van der Waals surface area contributed by atoms with E-state index in [1.165, 1.54) is 19.2 Å². The van der Waals surface area contributed by atoms with Gasteiger partial charge in [0.2, 0.25) is 0 Å². The second-order valence-electron chi connectivity index (χ2n) is 4.06. The minimum absolute atomic E-state index is 0.0745. The molecular formula is C12H11BrFN3O2S. The van der Waals surface area contributed by atoms with Crippen LogP contribution in [0.15, 0.2) is 39.8 Å². The molecule has 106 valence electrons. The smallest absolute Gasteiger partial charge is 0.263 e. The maximum Gasteiger partial charge on any atom is 0.263 e. The summed E-state index contributed by atoms with van der Waals surface area (Å²) in [5, 5.41) is 0. The van der Waals surface area contributed by atoms with E-state index in [0.717, 1.165) is 6.07 Å². The lowest BCUT2D eigenvalue weighted by molar-refractivity contribution is 0.593. The molecule has 0 atom stereocenters. The van der Waals surface area contributed by atoms with Crippen LogP contribution in [0.25, 0.3) is 0 Å². The summed E-state index contributed by atoms with van der Waals surface area (Å²) in [6, 6.07) is 5.41. The Hall–Kier alpha value is -1.67. The van der Waals surface area contributed by atoms with Crippen molar-refractivity contribution >= 4 is 37.5 Å². The molecule has 2 rings (SSSR count). The van der Waals surface area contributed by atoms with Gasteiger partial charge in [-0.2, -0.15) is 0 Å². The Morgan fingerprint density at radius 3 is 2.70 bits per heavy atom. The van der Waals surface area contributed by atoms with Gasteiger partial charge in [0.15, 0.2) is 5.82 Å². The van der Waals surface area contributed by atoms with Gasteiger partial charge in [0.1, 0.15) is 5.82 Å². The molecule has 20 heavy (non-hydrogen) atoms. The molecule has 0 unspecified atom stereocenters. The van der Waals surface area contributed by atoms with Gasteiger partial charge in [-0.1, -0.05) is 0 Å². The standard InChI is InChI=1S/C12H11BrFN3O2S/c1-7-10(14)5-8(6-11(7)15)20(18,19)17-12-9(13)3-2-4-16-12/h2-6H,15H2,1H3,(H,16,17). The predicted octanol–water partition coefficient (Wildman–Crippen LogP) is 2.67. The Bertz CT molecular complexity index is 742. The van der Waals surface area contributed by atoms with Gasteiger partial charge in [0.25, 0.3) is 10.0 Å². The number of benzene rings is 1. The molecule has 0 aliphatic rings. The summed E-state index contributed by atoms with van der Waals surface area (Å²) in [6.07, 6.45) is 1.44. The van der Waals surface area contributed by atoms with Crippen molar-refractivity contribution in [2.24, 2.45) is 0 Å². The van der Waals surface area contributed by atoms with Crippen LogP contribution < -0.4 is 10.5 Å². The van der Waals surface area contributed by atoms with Crippen molar-refractivity contribution in [1.29, 1.82) is 0 Å². The third-order valence-corrected chi connectivity index (χ3v) is 4.62. The first kappa shape index (κ1) is 14.7. The maximum absolute atomic E-state index is 13.6. The minimum atomic E-state index is -3.96. The molecule has 8 heteroatoms. The van der Waals surface area contributed by atoms with Crippen LogP contribution in [0.4, 0.5) is 15.9 Å². The summed E-state index contributed by atoms with van der Waals surface area (Å²) in [5.74, 6) is -0.558. The number of halogens is 2. The van der Waals surface area contributed by atoms with Gasteiger partial charge in [0.05, 0.1) is 9.37 Å². The highest BCUT2D eigenvalue weighted by atomic mass is 79.9. The highest BCUT2D eigenvalue weighted by Gasteiger charge is 2.19. The van der Waals surface area contributed by atoms with Crippen LogP contribution in [0, 0.1) is 12.7 Å². The van der Waals surface area contributed by atoms with Gasteiger partial charge in [-0.05, 0) is 47.1 Å². The number of hydrogen-bond acceptors (Lipinski definition) is 4. The zero-order chi connectivity index (χ0) is 14.9. The summed E-state index contributed by atoms with van der Waals surface area (Å²) < 4.78 is 40.7. The second kappa shape index (κ2) is 5.37. The van der Waals surface area contributed by atoms with E-state index in [0.29, 0.717) is 4.47 Å². The molecule has 0 spiro atoms. The first-order chi connectivity index (χ1) is 9.31. The fraction of sp³-hybridized carbons (Fsp3) is 0.0833. The van der Waals surface area contributed by atoms with E-state index in [1.807, 2.05) is 0 Å². The Morgan fingerprint density at radius 1 is 1.40 bits per heavy atom. The van der Waals surface area contributed by atoms with Gasteiger partial charge in [-0.15, -0.1) is 0 Å². The lowest BCUT2D eigenvalue weighted by Crippen LogP contribution is -2.15. The summed E-state index contributed by atoms with van der Waals surface area (Å²) in [7, 11) is -3.96. The molecule has 1 aromatic carbocycles. The molecule has 0 saturated heterocycles. The van der Waals surface area contributed by atoms with Gasteiger partial charge in [-0.3, -0.25) is 4.72 Å². The second-order valence-corrected chi connectivity index (χ2v) is 6.60. The molecule has 0 aliphatic heterocycles. The van der Waals surface area contributed by atoms with E-state index < -0.39 is 15.8 Å². The number of anilines is 2. The van der Waals surface area contributed by atoms with E-state index >= 15 is 0 Å². The Kier molecular flexibility index (Phi) is 3.96. The summed E-state index contributed by atoms with van der Waals surface area (Å²) in [6.45, 7) is 1.48. The van der Waals surface area contributed by atoms with Crippen LogP contribution in [0.1, 0.15) is 5.56 Å². The van der Waals surface area contributed by atoms with Crippen LogP contribution in [0.2, 0.25) is 0 Å². The normalized spacial score (nSPS) is 11.3. The third kappa shape index (κ3) is 2.91. The number of hydrogen-bond donors (Lipinski definition) is 2. The van der Waals surface area contributed by atoms with E-state index in [1.54, 1.807) is 12.1 Å². The SMILES string of the molecule is Cc1c(N)cc(S(=O)(=O)Nc2ncccc2Br)cc1F. The van der Waals surface area contributed by atoms with E-state index in [9.17, 15) is 12.8 Å². The summed E-state index contributed by atoms with van der Waals surface area (Å²) >= 11 is 3.17. The Labute approximate surface area is 124 Å². The molecule has 0 amide bonds. The molecule has 0 aliphatic carbocycles. The van der Waals surface area contributed by atoms with Crippen molar-refractivity contribution in [1.82, 2.24) is 4.98 Å². The van der Waals surface area contributed by atoms with E-state index in [2.05, 4.69) is 25.6 Å². The van der Waals surface area contributed by atoms with E-state index in [-0.39, 0.29) is 22.0 Å². The highest BCUT2D eigenvalue weighted by Crippen LogP contribution is 2.25. The maximum atomic E-state index is 13.6. The third-order valence-electron chi connectivity index (χ3n) is 2.66. The average Bonchev–Trinajstić information content (AvgIpc) is 2.38. The number of aromatic nitrogens is 1. The molecule has 0 saturated carbocycles. The molecular weight excluding hydrogens is 349 g/mol. The summed E-state index contributed by atoms with van der Waals surface area (Å²) in [5.41, 5.74) is 5.87. The number of nitrogen functional groups attached to an aromatic ring is 1. The fourth-order valence-corrected chi connectivity index (χ4v) is 3.04. The molecule has 1 heterocycles. The highest BCUT2D eigenvalue weighted by molar-refractivity contribution is 9.10. The monoisotopic (exact) mass is 359 g/mol. The van der Waals surface area contributed by atoms with Gasteiger partial charge in [-0.25, -0.2) is 17.8 Å². The van der Waals surface area contributed by atoms with Gasteiger partial charge >= 0.3 is 0 Å². The van der Waals surface area contributed by atoms with Crippen molar-refractivity contribution < 1.29 is 12.8 Å². The van der Waals surface area contributed by atoms with Crippen molar-refractivity contribution in [2.75, 3.05) is 10.5 Å². The zero-order valence-electron chi connectivity index (χ0n) is 10.4. The number of pyridine rings is 1. The lowest BCUT2D eigenvalue weighted by Gasteiger charge is -2.10. The first-order valence-corrected chi connectivity index (χ1v) is 7.78. The lowest BCUT2D eigenvalue weighted by atomic mass is 10.2. The quantitative estimate of drug-likeness (QED) is 0.825. The van der Waals surface area contributed by atoms with Crippen molar-refractivity contribution in [3.8, 4) is 0 Å². The molecule has 1 aromatic heterocycles. The van der Waals surface area contributed by atoms with E-state index in [4.69, 9.17) is 5.73 Å². The first-order valence-electron chi connectivity index (χ1n) is 5.50. The molecule has 0 radical (unpaired) electrons. The van der Waals surface area contributed by atoms with Crippen LogP contribution >= 0.6 is 15.9 Å². The fourth-order valence-electron chi connectivity index (χ4n) is 1.48. The minimum Gasteiger partial charge on any atom is -0.398 e. The predicted molar refractivity (Wildman–Crippen MR) is 78.3 cm³/mol.